The number of carbonyl (C=O) groups excluding carboxylic acids is 1. The zero-order valence-corrected chi connectivity index (χ0v) is 10.8. The van der Waals surface area contributed by atoms with Crippen molar-refractivity contribution in [2.75, 3.05) is 12.4 Å². The average molecular weight is 268 g/mol. The minimum absolute atomic E-state index is 0.213. The summed E-state index contributed by atoms with van der Waals surface area (Å²) in [4.78, 5) is 19.2. The van der Waals surface area contributed by atoms with Gasteiger partial charge in [0.25, 0.3) is 0 Å². The smallest absolute Gasteiger partial charge is 0.309 e. The second-order valence-electron chi connectivity index (χ2n) is 3.98. The number of hydrogen-bond acceptors (Lipinski definition) is 6. The molecule has 0 spiro atoms. The predicted molar refractivity (Wildman–Crippen MR) is 72.2 cm³/mol. The number of anilines is 2. The van der Waals surface area contributed by atoms with Crippen molar-refractivity contribution in [1.82, 2.24) is 9.97 Å². The number of esters is 1. The minimum atomic E-state index is -0.291. The number of nitrogens with one attached hydrogen (secondary N) is 1. The normalized spacial score (nSPS) is 9.60. The lowest BCUT2D eigenvalue weighted by Crippen LogP contribution is -2.04. The van der Waals surface area contributed by atoms with Crippen LogP contribution in [0.1, 0.15) is 11.3 Å². The highest BCUT2D eigenvalue weighted by Crippen LogP contribution is 2.16. The number of ether oxygens (including phenoxy) is 1. The van der Waals surface area contributed by atoms with Crippen molar-refractivity contribution in [3.8, 4) is 6.07 Å². The van der Waals surface area contributed by atoms with Gasteiger partial charge in [-0.1, -0.05) is 12.1 Å². The van der Waals surface area contributed by atoms with Crippen molar-refractivity contribution >= 4 is 17.5 Å². The summed E-state index contributed by atoms with van der Waals surface area (Å²) < 4.78 is 4.63. The van der Waals surface area contributed by atoms with Crippen LogP contribution in [0.25, 0.3) is 0 Å². The van der Waals surface area contributed by atoms with E-state index in [1.54, 1.807) is 0 Å². The first-order chi connectivity index (χ1) is 9.71. The number of carbonyl (C=O) groups is 1. The van der Waals surface area contributed by atoms with Gasteiger partial charge in [-0.05, 0) is 17.7 Å². The Morgan fingerprint density at radius 1 is 1.40 bits per heavy atom. The first-order valence-corrected chi connectivity index (χ1v) is 5.86. The number of nitriles is 1. The van der Waals surface area contributed by atoms with Crippen LogP contribution in [0.5, 0.6) is 0 Å². The summed E-state index contributed by atoms with van der Waals surface area (Å²) in [5.41, 5.74) is 1.88. The molecule has 0 aliphatic heterocycles. The van der Waals surface area contributed by atoms with E-state index in [-0.39, 0.29) is 18.1 Å². The van der Waals surface area contributed by atoms with Gasteiger partial charge >= 0.3 is 5.97 Å². The molecule has 0 saturated carbocycles. The maximum absolute atomic E-state index is 11.2. The van der Waals surface area contributed by atoms with Crippen LogP contribution in [0.3, 0.4) is 0 Å². The van der Waals surface area contributed by atoms with E-state index >= 15 is 0 Å². The van der Waals surface area contributed by atoms with Crippen LogP contribution in [0, 0.1) is 11.3 Å². The SMILES string of the molecule is COC(=O)Cc1cccc(Nc2cnc(C#N)cn2)c1. The van der Waals surface area contributed by atoms with E-state index in [2.05, 4.69) is 20.0 Å². The third kappa shape index (κ3) is 3.53. The Morgan fingerprint density at radius 3 is 2.90 bits per heavy atom. The monoisotopic (exact) mass is 268 g/mol. The quantitative estimate of drug-likeness (QED) is 0.851. The molecule has 0 atom stereocenters. The van der Waals surface area contributed by atoms with E-state index < -0.39 is 0 Å². The van der Waals surface area contributed by atoms with Crippen LogP contribution in [0.2, 0.25) is 0 Å². The summed E-state index contributed by atoms with van der Waals surface area (Å²) in [6.45, 7) is 0. The molecule has 0 saturated heterocycles. The van der Waals surface area contributed by atoms with Crippen molar-refractivity contribution in [1.29, 1.82) is 5.26 Å². The van der Waals surface area contributed by atoms with E-state index in [0.29, 0.717) is 5.82 Å². The van der Waals surface area contributed by atoms with Gasteiger partial charge in [0.15, 0.2) is 5.69 Å². The highest BCUT2D eigenvalue weighted by molar-refractivity contribution is 5.73. The van der Waals surface area contributed by atoms with Gasteiger partial charge in [0, 0.05) is 5.69 Å². The Morgan fingerprint density at radius 2 is 2.25 bits per heavy atom. The highest BCUT2D eigenvalue weighted by atomic mass is 16.5. The fraction of sp³-hybridized carbons (Fsp3) is 0.143. The zero-order valence-electron chi connectivity index (χ0n) is 10.8. The molecule has 0 unspecified atom stereocenters. The number of benzene rings is 1. The van der Waals surface area contributed by atoms with Crippen LogP contribution in [0.4, 0.5) is 11.5 Å². The average Bonchev–Trinajstić information content (AvgIpc) is 2.48. The summed E-state index contributed by atoms with van der Waals surface area (Å²) in [7, 11) is 1.36. The van der Waals surface area contributed by atoms with Gasteiger partial charge in [-0.2, -0.15) is 5.26 Å². The zero-order chi connectivity index (χ0) is 14.4. The van der Waals surface area contributed by atoms with Crippen LogP contribution in [-0.4, -0.2) is 23.0 Å². The third-order valence-electron chi connectivity index (χ3n) is 2.54. The van der Waals surface area contributed by atoms with Gasteiger partial charge in [-0.3, -0.25) is 4.79 Å². The van der Waals surface area contributed by atoms with Crippen LogP contribution >= 0.6 is 0 Å². The maximum atomic E-state index is 11.2. The molecule has 0 aliphatic carbocycles. The Balaban J connectivity index is 2.11. The molecule has 2 rings (SSSR count). The second kappa shape index (κ2) is 6.29. The van der Waals surface area contributed by atoms with E-state index in [1.165, 1.54) is 19.5 Å². The Kier molecular flexibility index (Phi) is 4.24. The maximum Gasteiger partial charge on any atom is 0.309 e. The highest BCUT2D eigenvalue weighted by Gasteiger charge is 2.04. The van der Waals surface area contributed by atoms with Crippen LogP contribution in [-0.2, 0) is 16.0 Å². The first-order valence-electron chi connectivity index (χ1n) is 5.86. The fourth-order valence-electron chi connectivity index (χ4n) is 1.60. The standard InChI is InChI=1S/C14H12N4O2/c1-20-14(19)6-10-3-2-4-11(5-10)18-13-9-16-12(7-15)8-17-13/h2-5,8-9H,6H2,1H3,(H,17,18). The van der Waals surface area contributed by atoms with E-state index in [1.807, 2.05) is 30.3 Å². The van der Waals surface area contributed by atoms with E-state index in [4.69, 9.17) is 5.26 Å². The Bertz CT molecular complexity index is 647. The largest absolute Gasteiger partial charge is 0.469 e. The Labute approximate surface area is 116 Å². The molecule has 0 amide bonds. The lowest BCUT2D eigenvalue weighted by Gasteiger charge is -2.07. The van der Waals surface area contributed by atoms with Crippen molar-refractivity contribution in [3.63, 3.8) is 0 Å². The summed E-state index contributed by atoms with van der Waals surface area (Å²) in [6.07, 6.45) is 3.08. The minimum Gasteiger partial charge on any atom is -0.469 e. The predicted octanol–water partition coefficient (Wildman–Crippen LogP) is 1.81. The molecule has 0 aliphatic rings. The van der Waals surface area contributed by atoms with E-state index in [9.17, 15) is 4.79 Å². The van der Waals surface area contributed by atoms with Gasteiger partial charge in [-0.15, -0.1) is 0 Å². The van der Waals surface area contributed by atoms with Crippen molar-refractivity contribution in [2.24, 2.45) is 0 Å². The van der Waals surface area contributed by atoms with E-state index in [0.717, 1.165) is 11.3 Å². The molecule has 1 N–H and O–H groups in total. The number of rotatable bonds is 4. The summed E-state index contributed by atoms with van der Waals surface area (Å²) in [5, 5.41) is 11.7. The molecule has 100 valence electrons. The van der Waals surface area contributed by atoms with Gasteiger partial charge in [-0.25, -0.2) is 9.97 Å². The second-order valence-corrected chi connectivity index (χ2v) is 3.98. The number of nitrogens with zero attached hydrogens (tertiary/aromatic N) is 3. The first kappa shape index (κ1) is 13.5. The molecule has 2 aromatic rings. The van der Waals surface area contributed by atoms with Gasteiger partial charge in [0.1, 0.15) is 11.9 Å². The number of aromatic nitrogens is 2. The summed E-state index contributed by atoms with van der Waals surface area (Å²) in [6, 6.07) is 9.25. The molecule has 1 aromatic carbocycles. The van der Waals surface area contributed by atoms with Gasteiger partial charge in [0.05, 0.1) is 25.9 Å². The Hall–Kier alpha value is -2.94. The topological polar surface area (TPSA) is 87.9 Å². The molecule has 6 nitrogen and oxygen atoms in total. The summed E-state index contributed by atoms with van der Waals surface area (Å²) in [5.74, 6) is 0.236. The lowest BCUT2D eigenvalue weighted by atomic mass is 10.1. The molecule has 6 heteroatoms. The lowest BCUT2D eigenvalue weighted by molar-refractivity contribution is -0.139. The molecule has 0 fully saturated rings. The number of methoxy groups -OCH3 is 1. The molecule has 1 aromatic heterocycles. The van der Waals surface area contributed by atoms with Crippen LogP contribution in [0.15, 0.2) is 36.7 Å². The van der Waals surface area contributed by atoms with Gasteiger partial charge in [0.2, 0.25) is 0 Å². The molecular formula is C14H12N4O2. The van der Waals surface area contributed by atoms with Crippen molar-refractivity contribution in [3.05, 3.63) is 47.9 Å². The van der Waals surface area contributed by atoms with Crippen molar-refractivity contribution in [2.45, 2.75) is 6.42 Å². The molecule has 1 heterocycles. The van der Waals surface area contributed by atoms with Crippen molar-refractivity contribution < 1.29 is 9.53 Å². The number of hydrogen-bond donors (Lipinski definition) is 1. The molecular weight excluding hydrogens is 256 g/mol. The molecule has 0 radical (unpaired) electrons. The fourth-order valence-corrected chi connectivity index (χ4v) is 1.60. The third-order valence-corrected chi connectivity index (χ3v) is 2.54. The molecule has 0 bridgehead atoms. The molecule has 20 heavy (non-hydrogen) atoms. The summed E-state index contributed by atoms with van der Waals surface area (Å²) >= 11 is 0. The van der Waals surface area contributed by atoms with Crippen LogP contribution < -0.4 is 5.32 Å². The van der Waals surface area contributed by atoms with Gasteiger partial charge < -0.3 is 10.1 Å².